The lowest BCUT2D eigenvalue weighted by molar-refractivity contribution is 0.432. The summed E-state index contributed by atoms with van der Waals surface area (Å²) in [6, 6.07) is 9.27. The average molecular weight is 256 g/mol. The summed E-state index contributed by atoms with van der Waals surface area (Å²) in [4.78, 5) is 0. The summed E-state index contributed by atoms with van der Waals surface area (Å²) in [6.07, 6.45) is 1.19. The van der Waals surface area contributed by atoms with Crippen LogP contribution in [0.1, 0.15) is 31.9 Å². The molecule has 0 aliphatic carbocycles. The van der Waals surface area contributed by atoms with Crippen LogP contribution in [0.4, 0.5) is 0 Å². The van der Waals surface area contributed by atoms with Crippen LogP contribution in [-0.2, 0) is 0 Å². The molecule has 1 nitrogen and oxygen atoms in total. The first-order valence-electron chi connectivity index (χ1n) is 5.84. The first-order chi connectivity index (χ1) is 7.70. The van der Waals surface area contributed by atoms with Crippen LogP contribution in [-0.4, -0.2) is 17.0 Å². The molecule has 1 aromatic rings. The van der Waals surface area contributed by atoms with Gasteiger partial charge in [0, 0.05) is 28.1 Å². The third-order valence-electron chi connectivity index (χ3n) is 3.15. The second-order valence-corrected chi connectivity index (χ2v) is 6.19. The van der Waals surface area contributed by atoms with Crippen molar-refractivity contribution in [1.82, 2.24) is 5.32 Å². The summed E-state index contributed by atoms with van der Waals surface area (Å²) in [5, 5.41) is 5.16. The van der Waals surface area contributed by atoms with Crippen LogP contribution in [0.15, 0.2) is 24.3 Å². The molecule has 0 amide bonds. The fourth-order valence-electron chi connectivity index (χ4n) is 2.10. The number of nitrogens with one attached hydrogen (secondary N) is 1. The molecule has 1 N–H and O–H groups in total. The average Bonchev–Trinajstić information content (AvgIpc) is 2.30. The van der Waals surface area contributed by atoms with Crippen LogP contribution in [0.2, 0.25) is 5.02 Å². The molecule has 0 saturated carbocycles. The Morgan fingerprint density at radius 2 is 2.31 bits per heavy atom. The number of hydrogen-bond acceptors (Lipinski definition) is 2. The maximum atomic E-state index is 6.05. The van der Waals surface area contributed by atoms with Crippen molar-refractivity contribution < 1.29 is 0 Å². The van der Waals surface area contributed by atoms with Crippen molar-refractivity contribution in [2.24, 2.45) is 0 Å². The van der Waals surface area contributed by atoms with E-state index in [4.69, 9.17) is 11.6 Å². The lowest BCUT2D eigenvalue weighted by atomic mass is 10.0. The van der Waals surface area contributed by atoms with Gasteiger partial charge in [-0.25, -0.2) is 0 Å². The normalized spacial score (nSPS) is 30.3. The molecule has 0 aromatic heterocycles. The Labute approximate surface area is 107 Å². The van der Waals surface area contributed by atoms with E-state index >= 15 is 0 Å². The minimum Gasteiger partial charge on any atom is -0.305 e. The molecule has 1 aromatic carbocycles. The Kier molecular flexibility index (Phi) is 4.17. The largest absolute Gasteiger partial charge is 0.305 e. The molecule has 0 radical (unpaired) electrons. The SMILES string of the molecule is CCC1CSC(C)C(c2cccc(Cl)c2)N1. The van der Waals surface area contributed by atoms with Crippen molar-refractivity contribution in [1.29, 1.82) is 0 Å². The van der Waals surface area contributed by atoms with E-state index in [0.29, 0.717) is 17.3 Å². The minimum atomic E-state index is 0.433. The van der Waals surface area contributed by atoms with Crippen molar-refractivity contribution in [3.05, 3.63) is 34.9 Å². The van der Waals surface area contributed by atoms with Crippen LogP contribution >= 0.6 is 23.4 Å². The van der Waals surface area contributed by atoms with Crippen LogP contribution in [0.5, 0.6) is 0 Å². The number of halogens is 1. The summed E-state index contributed by atoms with van der Waals surface area (Å²) in [5.74, 6) is 1.22. The Bertz CT molecular complexity index is 356. The zero-order valence-electron chi connectivity index (χ0n) is 9.74. The molecule has 0 bridgehead atoms. The Hall–Kier alpha value is -0.180. The van der Waals surface area contributed by atoms with Gasteiger partial charge in [-0.3, -0.25) is 0 Å². The maximum absolute atomic E-state index is 6.05. The fourth-order valence-corrected chi connectivity index (χ4v) is 3.60. The zero-order valence-corrected chi connectivity index (χ0v) is 11.3. The third kappa shape index (κ3) is 2.73. The van der Waals surface area contributed by atoms with Gasteiger partial charge in [-0.2, -0.15) is 11.8 Å². The molecule has 3 heteroatoms. The highest BCUT2D eigenvalue weighted by Crippen LogP contribution is 2.33. The van der Waals surface area contributed by atoms with Gasteiger partial charge in [0.15, 0.2) is 0 Å². The van der Waals surface area contributed by atoms with Gasteiger partial charge < -0.3 is 5.32 Å². The van der Waals surface area contributed by atoms with Gasteiger partial charge >= 0.3 is 0 Å². The van der Waals surface area contributed by atoms with Crippen LogP contribution in [0, 0.1) is 0 Å². The highest BCUT2D eigenvalue weighted by Gasteiger charge is 2.27. The lowest BCUT2D eigenvalue weighted by Crippen LogP contribution is -2.43. The van der Waals surface area contributed by atoms with E-state index in [-0.39, 0.29) is 0 Å². The molecule has 0 spiro atoms. The van der Waals surface area contributed by atoms with Crippen molar-refractivity contribution >= 4 is 23.4 Å². The van der Waals surface area contributed by atoms with E-state index in [0.717, 1.165) is 5.02 Å². The topological polar surface area (TPSA) is 12.0 Å². The van der Waals surface area contributed by atoms with Crippen molar-refractivity contribution in [3.8, 4) is 0 Å². The standard InChI is InChI=1S/C13H18ClNS/c1-3-12-8-16-9(2)13(15-12)10-5-4-6-11(14)7-10/h4-7,9,12-13,15H,3,8H2,1-2H3. The van der Waals surface area contributed by atoms with Gasteiger partial charge in [0.2, 0.25) is 0 Å². The second-order valence-electron chi connectivity index (χ2n) is 4.34. The highest BCUT2D eigenvalue weighted by atomic mass is 35.5. The molecule has 2 rings (SSSR count). The van der Waals surface area contributed by atoms with Gasteiger partial charge in [-0.15, -0.1) is 0 Å². The molecule has 1 aliphatic rings. The van der Waals surface area contributed by atoms with Gasteiger partial charge in [0.1, 0.15) is 0 Å². The summed E-state index contributed by atoms with van der Waals surface area (Å²) in [7, 11) is 0. The first kappa shape index (κ1) is 12.3. The maximum Gasteiger partial charge on any atom is 0.0440 e. The minimum absolute atomic E-state index is 0.433. The lowest BCUT2D eigenvalue weighted by Gasteiger charge is -2.35. The van der Waals surface area contributed by atoms with Crippen LogP contribution in [0.3, 0.4) is 0 Å². The number of rotatable bonds is 2. The molecule has 1 fully saturated rings. The monoisotopic (exact) mass is 255 g/mol. The molecule has 1 heterocycles. The fraction of sp³-hybridized carbons (Fsp3) is 0.538. The molecular weight excluding hydrogens is 238 g/mol. The van der Waals surface area contributed by atoms with E-state index in [9.17, 15) is 0 Å². The Morgan fingerprint density at radius 1 is 1.50 bits per heavy atom. The molecule has 88 valence electrons. The molecular formula is C13H18ClNS. The van der Waals surface area contributed by atoms with Crippen LogP contribution in [0.25, 0.3) is 0 Å². The predicted molar refractivity (Wildman–Crippen MR) is 73.3 cm³/mol. The summed E-state index contributed by atoms with van der Waals surface area (Å²) in [5.41, 5.74) is 1.31. The van der Waals surface area contributed by atoms with E-state index in [2.05, 4.69) is 43.1 Å². The van der Waals surface area contributed by atoms with Gasteiger partial charge in [-0.05, 0) is 24.1 Å². The summed E-state index contributed by atoms with van der Waals surface area (Å²) in [6.45, 7) is 4.53. The molecule has 1 saturated heterocycles. The van der Waals surface area contributed by atoms with E-state index in [1.165, 1.54) is 17.7 Å². The highest BCUT2D eigenvalue weighted by molar-refractivity contribution is 8.00. The second kappa shape index (κ2) is 5.44. The molecule has 16 heavy (non-hydrogen) atoms. The van der Waals surface area contributed by atoms with Gasteiger partial charge in [0.25, 0.3) is 0 Å². The third-order valence-corrected chi connectivity index (χ3v) is 4.77. The molecule has 3 unspecified atom stereocenters. The van der Waals surface area contributed by atoms with Crippen molar-refractivity contribution in [3.63, 3.8) is 0 Å². The van der Waals surface area contributed by atoms with Crippen molar-refractivity contribution in [2.45, 2.75) is 37.6 Å². The van der Waals surface area contributed by atoms with E-state index in [1.54, 1.807) is 0 Å². The number of hydrogen-bond donors (Lipinski definition) is 1. The Morgan fingerprint density at radius 3 is 3.00 bits per heavy atom. The number of thioether (sulfide) groups is 1. The quantitative estimate of drug-likeness (QED) is 0.861. The smallest absolute Gasteiger partial charge is 0.0440 e. The van der Waals surface area contributed by atoms with E-state index < -0.39 is 0 Å². The molecule has 3 atom stereocenters. The number of benzene rings is 1. The summed E-state index contributed by atoms with van der Waals surface area (Å²) >= 11 is 8.10. The predicted octanol–water partition coefficient (Wildman–Crippen LogP) is 3.88. The zero-order chi connectivity index (χ0) is 11.5. The first-order valence-corrected chi connectivity index (χ1v) is 7.26. The van der Waals surface area contributed by atoms with Gasteiger partial charge in [0.05, 0.1) is 0 Å². The summed E-state index contributed by atoms with van der Waals surface area (Å²) < 4.78 is 0. The molecule has 1 aliphatic heterocycles. The Balaban J connectivity index is 2.17. The van der Waals surface area contributed by atoms with E-state index in [1.807, 2.05) is 12.1 Å². The van der Waals surface area contributed by atoms with Gasteiger partial charge in [-0.1, -0.05) is 37.6 Å². The van der Waals surface area contributed by atoms with Crippen molar-refractivity contribution in [2.75, 3.05) is 5.75 Å². The van der Waals surface area contributed by atoms with Crippen LogP contribution < -0.4 is 5.32 Å².